The van der Waals surface area contributed by atoms with Crippen LogP contribution in [-0.4, -0.2) is 24.4 Å². The van der Waals surface area contributed by atoms with E-state index >= 15 is 0 Å². The number of nitrogens with zero attached hydrogens (tertiary/aromatic N) is 1. The van der Waals surface area contributed by atoms with Gasteiger partial charge in [0.05, 0.1) is 0 Å². The molecule has 0 bridgehead atoms. The Hall–Kier alpha value is -2.14. The Morgan fingerprint density at radius 1 is 1.13 bits per heavy atom. The number of rotatable bonds is 3. The molecule has 2 aromatic rings. The minimum Gasteiger partial charge on any atom is -0.340 e. The van der Waals surface area contributed by atoms with Crippen LogP contribution in [0.1, 0.15) is 22.3 Å². The zero-order valence-corrected chi connectivity index (χ0v) is 14.3. The first-order chi connectivity index (χ1) is 11.0. The summed E-state index contributed by atoms with van der Waals surface area (Å²) in [5, 5.41) is 2.83. The molecule has 0 radical (unpaired) electrons. The molecule has 118 valence electrons. The van der Waals surface area contributed by atoms with Crippen LogP contribution in [0.3, 0.4) is 0 Å². The van der Waals surface area contributed by atoms with Crippen LogP contribution in [0.5, 0.6) is 0 Å². The van der Waals surface area contributed by atoms with Gasteiger partial charge in [0.1, 0.15) is 6.04 Å². The van der Waals surface area contributed by atoms with Crippen molar-refractivity contribution < 1.29 is 9.59 Å². The number of nitrogens with one attached hydrogen (secondary N) is 1. The second-order valence-corrected chi connectivity index (χ2v) is 6.56. The topological polar surface area (TPSA) is 49.4 Å². The summed E-state index contributed by atoms with van der Waals surface area (Å²) in [5.74, 6) is -0.277. The van der Waals surface area contributed by atoms with Gasteiger partial charge in [-0.25, -0.2) is 0 Å². The summed E-state index contributed by atoms with van der Waals surface area (Å²) in [5.41, 5.74) is 2.58. The van der Waals surface area contributed by atoms with E-state index in [4.69, 9.17) is 0 Å². The highest BCUT2D eigenvalue weighted by Gasteiger charge is 2.33. The summed E-state index contributed by atoms with van der Waals surface area (Å²) in [7, 11) is 0. The van der Waals surface area contributed by atoms with E-state index in [1.807, 2.05) is 43.3 Å². The average molecular weight is 373 g/mol. The van der Waals surface area contributed by atoms with E-state index in [1.165, 1.54) is 0 Å². The summed E-state index contributed by atoms with van der Waals surface area (Å²) < 4.78 is 0.913. The average Bonchev–Trinajstić information content (AvgIpc) is 2.90. The van der Waals surface area contributed by atoms with Crippen LogP contribution >= 0.6 is 15.9 Å². The normalized spacial score (nSPS) is 17.4. The molecule has 0 saturated carbocycles. The molecule has 0 aromatic heterocycles. The molecule has 1 aliphatic heterocycles. The van der Waals surface area contributed by atoms with Crippen LogP contribution in [0.25, 0.3) is 0 Å². The van der Waals surface area contributed by atoms with Crippen molar-refractivity contribution >= 4 is 33.4 Å². The van der Waals surface area contributed by atoms with Gasteiger partial charge in [-0.05, 0) is 49.7 Å². The number of carbonyl (C=O) groups excluding carboxylic acids is 2. The summed E-state index contributed by atoms with van der Waals surface area (Å²) in [6, 6.07) is 14.5. The van der Waals surface area contributed by atoms with Crippen LogP contribution in [0, 0.1) is 6.92 Å². The highest BCUT2D eigenvalue weighted by Crippen LogP contribution is 2.22. The molecule has 1 heterocycles. The Morgan fingerprint density at radius 3 is 2.43 bits per heavy atom. The summed E-state index contributed by atoms with van der Waals surface area (Å²) in [6.45, 7) is 2.63. The molecule has 23 heavy (non-hydrogen) atoms. The lowest BCUT2D eigenvalue weighted by Gasteiger charge is -2.17. The molecule has 0 aliphatic carbocycles. The van der Waals surface area contributed by atoms with Gasteiger partial charge in [0.2, 0.25) is 5.91 Å². The number of amides is 2. The fourth-order valence-corrected chi connectivity index (χ4v) is 2.90. The first-order valence-corrected chi connectivity index (χ1v) is 8.28. The second kappa shape index (κ2) is 6.54. The van der Waals surface area contributed by atoms with Crippen LogP contribution in [0.4, 0.5) is 5.69 Å². The number of hydrogen-bond acceptors (Lipinski definition) is 2. The summed E-state index contributed by atoms with van der Waals surface area (Å²) in [6.07, 6.45) is 0.620. The first kappa shape index (κ1) is 15.7. The Labute approximate surface area is 143 Å². The maximum Gasteiger partial charge on any atom is 0.251 e. The predicted molar refractivity (Wildman–Crippen MR) is 93.5 cm³/mol. The lowest BCUT2D eigenvalue weighted by Crippen LogP contribution is -2.41. The molecular formula is C18H17BrN2O2. The Kier molecular flexibility index (Phi) is 4.48. The molecule has 4 nitrogen and oxygen atoms in total. The predicted octanol–water partition coefficient (Wildman–Crippen LogP) is 3.29. The van der Waals surface area contributed by atoms with Gasteiger partial charge in [0, 0.05) is 22.3 Å². The number of anilines is 1. The van der Waals surface area contributed by atoms with Gasteiger partial charge in [-0.2, -0.15) is 0 Å². The monoisotopic (exact) mass is 372 g/mol. The molecule has 1 N–H and O–H groups in total. The largest absolute Gasteiger partial charge is 0.340 e. The van der Waals surface area contributed by atoms with Crippen LogP contribution in [0.15, 0.2) is 53.0 Å². The lowest BCUT2D eigenvalue weighted by molar-refractivity contribution is -0.118. The van der Waals surface area contributed by atoms with Crippen molar-refractivity contribution in [3.63, 3.8) is 0 Å². The van der Waals surface area contributed by atoms with E-state index in [-0.39, 0.29) is 11.8 Å². The Balaban J connectivity index is 1.68. The van der Waals surface area contributed by atoms with Crippen molar-refractivity contribution in [1.82, 2.24) is 5.32 Å². The van der Waals surface area contributed by atoms with Crippen LogP contribution < -0.4 is 10.2 Å². The molecule has 2 aromatic carbocycles. The molecule has 3 rings (SSSR count). The zero-order valence-electron chi connectivity index (χ0n) is 12.8. The van der Waals surface area contributed by atoms with Gasteiger partial charge in [-0.1, -0.05) is 33.6 Å². The zero-order chi connectivity index (χ0) is 16.4. The van der Waals surface area contributed by atoms with Gasteiger partial charge < -0.3 is 10.2 Å². The van der Waals surface area contributed by atoms with E-state index in [0.29, 0.717) is 18.5 Å². The number of halogens is 1. The van der Waals surface area contributed by atoms with Crippen molar-refractivity contribution in [1.29, 1.82) is 0 Å². The molecule has 5 heteroatoms. The summed E-state index contributed by atoms with van der Waals surface area (Å²) in [4.78, 5) is 26.5. The quantitative estimate of drug-likeness (QED) is 0.898. The molecule has 1 atom stereocenters. The Bertz CT molecular complexity index is 726. The Morgan fingerprint density at radius 2 is 1.78 bits per heavy atom. The van der Waals surface area contributed by atoms with Crippen molar-refractivity contribution in [3.8, 4) is 0 Å². The number of hydrogen-bond donors (Lipinski definition) is 1. The molecule has 1 fully saturated rings. The lowest BCUT2D eigenvalue weighted by atomic mass is 10.2. The fraction of sp³-hybridized carbons (Fsp3) is 0.222. The highest BCUT2D eigenvalue weighted by molar-refractivity contribution is 9.10. The van der Waals surface area contributed by atoms with Crippen molar-refractivity contribution in [2.75, 3.05) is 11.4 Å². The van der Waals surface area contributed by atoms with Gasteiger partial charge >= 0.3 is 0 Å². The maximum atomic E-state index is 12.5. The third-order valence-electron chi connectivity index (χ3n) is 3.96. The molecule has 1 saturated heterocycles. The van der Waals surface area contributed by atoms with Gasteiger partial charge in [0.25, 0.3) is 5.91 Å². The minimum atomic E-state index is -0.465. The molecular weight excluding hydrogens is 356 g/mol. The number of aryl methyl sites for hydroxylation is 1. The number of benzene rings is 2. The van der Waals surface area contributed by atoms with E-state index in [2.05, 4.69) is 21.2 Å². The van der Waals surface area contributed by atoms with Crippen molar-refractivity contribution in [2.24, 2.45) is 0 Å². The maximum absolute atomic E-state index is 12.5. The smallest absolute Gasteiger partial charge is 0.251 e. The molecule has 0 spiro atoms. The van der Waals surface area contributed by atoms with Gasteiger partial charge in [0.15, 0.2) is 0 Å². The number of carbonyl (C=O) groups is 2. The fourth-order valence-electron chi connectivity index (χ4n) is 2.64. The summed E-state index contributed by atoms with van der Waals surface area (Å²) >= 11 is 3.34. The van der Waals surface area contributed by atoms with Crippen LogP contribution in [0.2, 0.25) is 0 Å². The highest BCUT2D eigenvalue weighted by atomic mass is 79.9. The van der Waals surface area contributed by atoms with Crippen LogP contribution in [-0.2, 0) is 4.79 Å². The third-order valence-corrected chi connectivity index (χ3v) is 4.49. The van der Waals surface area contributed by atoms with Gasteiger partial charge in [-0.3, -0.25) is 9.59 Å². The van der Waals surface area contributed by atoms with Gasteiger partial charge in [-0.15, -0.1) is 0 Å². The van der Waals surface area contributed by atoms with E-state index in [0.717, 1.165) is 15.7 Å². The molecule has 0 unspecified atom stereocenters. The second-order valence-electron chi connectivity index (χ2n) is 5.65. The molecule has 2 amide bonds. The van der Waals surface area contributed by atoms with Crippen molar-refractivity contribution in [2.45, 2.75) is 19.4 Å². The standard InChI is InChI=1S/C18H17BrN2O2/c1-12-2-8-15(9-3-12)21-11-10-16(18(21)23)20-17(22)13-4-6-14(19)7-5-13/h2-9,16H,10-11H2,1H3,(H,20,22)/t16-/m0/s1. The molecule has 1 aliphatic rings. The van der Waals surface area contributed by atoms with E-state index < -0.39 is 6.04 Å². The van der Waals surface area contributed by atoms with E-state index in [1.54, 1.807) is 17.0 Å². The minimum absolute atomic E-state index is 0.0562. The van der Waals surface area contributed by atoms with Crippen molar-refractivity contribution in [3.05, 3.63) is 64.1 Å². The first-order valence-electron chi connectivity index (χ1n) is 7.49. The SMILES string of the molecule is Cc1ccc(N2CC[C@H](NC(=O)c3ccc(Br)cc3)C2=O)cc1. The van der Waals surface area contributed by atoms with E-state index in [9.17, 15) is 9.59 Å². The third kappa shape index (κ3) is 3.45.